The minimum Gasteiger partial charge on any atom is -0.299 e. The maximum Gasteiger partial charge on any atom is 0.264 e. The molecule has 0 aliphatic carbocycles. The first-order valence-electron chi connectivity index (χ1n) is 8.60. The number of nitrogens with zero attached hydrogens (tertiary/aromatic N) is 3. The van der Waals surface area contributed by atoms with Crippen LogP contribution in [0.4, 0.5) is 10.8 Å². The maximum atomic E-state index is 13.3. The Morgan fingerprint density at radius 2 is 1.90 bits per heavy atom. The van der Waals surface area contributed by atoms with Gasteiger partial charge in [0.05, 0.1) is 15.6 Å². The van der Waals surface area contributed by atoms with Gasteiger partial charge in [-0.3, -0.25) is 14.4 Å². The van der Waals surface area contributed by atoms with E-state index in [0.29, 0.717) is 4.34 Å². The van der Waals surface area contributed by atoms with Crippen LogP contribution in [0.1, 0.15) is 6.92 Å². The first-order valence-corrected chi connectivity index (χ1v) is 12.6. The summed E-state index contributed by atoms with van der Waals surface area (Å²) in [5, 5.41) is 11.2. The van der Waals surface area contributed by atoms with E-state index in [9.17, 15) is 13.2 Å². The molecular weight excluding hydrogens is 487 g/mol. The van der Waals surface area contributed by atoms with Gasteiger partial charge in [-0.2, -0.15) is 0 Å². The van der Waals surface area contributed by atoms with E-state index in [4.69, 9.17) is 23.2 Å². The zero-order valence-corrected chi connectivity index (χ0v) is 19.5. The van der Waals surface area contributed by atoms with E-state index in [2.05, 4.69) is 15.5 Å². The van der Waals surface area contributed by atoms with Crippen LogP contribution in [0.5, 0.6) is 0 Å². The fraction of sp³-hybridized carbons (Fsp3) is 0.167. The summed E-state index contributed by atoms with van der Waals surface area (Å²) in [7, 11) is -4.09. The quantitative estimate of drug-likeness (QED) is 0.351. The van der Waals surface area contributed by atoms with Gasteiger partial charge in [-0.1, -0.05) is 71.4 Å². The SMILES string of the molecule is CCSc1nnc(NC(=O)CN(c2cc(Cl)ccc2Cl)S(=O)(=O)c2ccccc2)s1. The number of rotatable bonds is 8. The third-order valence-electron chi connectivity index (χ3n) is 3.72. The first-order chi connectivity index (χ1) is 14.3. The second kappa shape index (κ2) is 9.97. The Labute approximate surface area is 192 Å². The normalized spacial score (nSPS) is 11.3. The second-order valence-electron chi connectivity index (χ2n) is 5.77. The number of aromatic nitrogens is 2. The van der Waals surface area contributed by atoms with Crippen molar-refractivity contribution in [1.82, 2.24) is 10.2 Å². The molecule has 2 aromatic carbocycles. The molecule has 3 rings (SSSR count). The summed E-state index contributed by atoms with van der Waals surface area (Å²) in [6, 6.07) is 12.2. The fourth-order valence-corrected chi connectivity index (χ4v) is 5.98. The highest BCUT2D eigenvalue weighted by Gasteiger charge is 2.29. The minimum absolute atomic E-state index is 0.0198. The number of halogens is 2. The van der Waals surface area contributed by atoms with Crippen LogP contribution in [0.3, 0.4) is 0 Å². The average Bonchev–Trinajstić information content (AvgIpc) is 3.16. The number of anilines is 2. The third kappa shape index (κ3) is 5.44. The standard InChI is InChI=1S/C18H16Cl2N4O3S3/c1-2-28-18-23-22-17(29-18)21-16(25)11-24(15-10-12(19)8-9-14(15)20)30(26,27)13-6-4-3-5-7-13/h3-10H,2,11H2,1H3,(H,21,22,25). The lowest BCUT2D eigenvalue weighted by molar-refractivity contribution is -0.114. The summed E-state index contributed by atoms with van der Waals surface area (Å²) in [5.74, 6) is 0.230. The Balaban J connectivity index is 1.93. The van der Waals surface area contributed by atoms with Crippen molar-refractivity contribution in [3.63, 3.8) is 0 Å². The smallest absolute Gasteiger partial charge is 0.264 e. The van der Waals surface area contributed by atoms with Crippen LogP contribution in [0.15, 0.2) is 57.8 Å². The van der Waals surface area contributed by atoms with Crippen LogP contribution in [0.25, 0.3) is 0 Å². The molecule has 0 atom stereocenters. The van der Waals surface area contributed by atoms with Crippen LogP contribution in [-0.4, -0.2) is 36.8 Å². The van der Waals surface area contributed by atoms with Crippen molar-refractivity contribution in [2.24, 2.45) is 0 Å². The molecular formula is C18H16Cl2N4O3S3. The molecule has 0 spiro atoms. The lowest BCUT2D eigenvalue weighted by Gasteiger charge is -2.25. The number of sulfonamides is 1. The molecule has 0 unspecified atom stereocenters. The summed E-state index contributed by atoms with van der Waals surface area (Å²) in [5.41, 5.74) is 0.0997. The van der Waals surface area contributed by atoms with Crippen molar-refractivity contribution in [2.75, 3.05) is 21.9 Å². The number of nitrogens with one attached hydrogen (secondary N) is 1. The second-order valence-corrected chi connectivity index (χ2v) is 11.0. The number of benzene rings is 2. The van der Waals surface area contributed by atoms with Gasteiger partial charge >= 0.3 is 0 Å². The van der Waals surface area contributed by atoms with E-state index in [-0.39, 0.29) is 25.8 Å². The highest BCUT2D eigenvalue weighted by atomic mass is 35.5. The molecule has 3 aromatic rings. The van der Waals surface area contributed by atoms with Crippen LogP contribution in [0.2, 0.25) is 10.0 Å². The molecule has 0 saturated heterocycles. The molecule has 30 heavy (non-hydrogen) atoms. The zero-order valence-electron chi connectivity index (χ0n) is 15.6. The lowest BCUT2D eigenvalue weighted by Crippen LogP contribution is -2.38. The number of carbonyl (C=O) groups excluding carboxylic acids is 1. The summed E-state index contributed by atoms with van der Waals surface area (Å²) in [4.78, 5) is 12.7. The highest BCUT2D eigenvalue weighted by Crippen LogP contribution is 2.33. The Morgan fingerprint density at radius 1 is 1.17 bits per heavy atom. The van der Waals surface area contributed by atoms with Gasteiger partial charge in [0.1, 0.15) is 6.54 Å². The van der Waals surface area contributed by atoms with Gasteiger partial charge in [-0.05, 0) is 36.1 Å². The molecule has 1 amide bonds. The number of amides is 1. The van der Waals surface area contributed by atoms with Crippen molar-refractivity contribution in [1.29, 1.82) is 0 Å². The van der Waals surface area contributed by atoms with Gasteiger partial charge in [0.15, 0.2) is 4.34 Å². The van der Waals surface area contributed by atoms with Crippen molar-refractivity contribution >= 4 is 73.0 Å². The maximum absolute atomic E-state index is 13.3. The van der Waals surface area contributed by atoms with Gasteiger partial charge in [0.2, 0.25) is 11.0 Å². The van der Waals surface area contributed by atoms with Crippen LogP contribution in [0, 0.1) is 0 Å². The summed E-state index contributed by atoms with van der Waals surface area (Å²) < 4.78 is 28.2. The largest absolute Gasteiger partial charge is 0.299 e. The topological polar surface area (TPSA) is 92.3 Å². The van der Waals surface area contributed by atoms with E-state index in [1.54, 1.807) is 18.2 Å². The number of carbonyl (C=O) groups is 1. The Morgan fingerprint density at radius 3 is 2.60 bits per heavy atom. The van der Waals surface area contributed by atoms with E-state index >= 15 is 0 Å². The summed E-state index contributed by atoms with van der Waals surface area (Å²) in [6.07, 6.45) is 0. The molecule has 158 valence electrons. The predicted molar refractivity (Wildman–Crippen MR) is 122 cm³/mol. The number of hydrogen-bond donors (Lipinski definition) is 1. The molecule has 7 nitrogen and oxygen atoms in total. The first kappa shape index (κ1) is 22.8. The molecule has 0 bridgehead atoms. The molecule has 0 fully saturated rings. The average molecular weight is 503 g/mol. The van der Waals surface area contributed by atoms with Gasteiger partial charge in [-0.25, -0.2) is 8.42 Å². The molecule has 0 aliphatic heterocycles. The van der Waals surface area contributed by atoms with Crippen molar-refractivity contribution < 1.29 is 13.2 Å². The molecule has 0 saturated carbocycles. The molecule has 0 aliphatic rings. The summed E-state index contributed by atoms with van der Waals surface area (Å²) >= 11 is 15.0. The van der Waals surface area contributed by atoms with Crippen LogP contribution >= 0.6 is 46.3 Å². The minimum atomic E-state index is -4.09. The monoisotopic (exact) mass is 502 g/mol. The Bertz CT molecular complexity index is 1140. The van der Waals surface area contributed by atoms with E-state index in [1.165, 1.54) is 53.4 Å². The van der Waals surface area contributed by atoms with E-state index < -0.39 is 22.5 Å². The molecule has 1 heterocycles. The van der Waals surface area contributed by atoms with E-state index in [1.807, 2.05) is 6.92 Å². The zero-order chi connectivity index (χ0) is 21.7. The molecule has 0 radical (unpaired) electrons. The van der Waals surface area contributed by atoms with Gasteiger partial charge in [-0.15, -0.1) is 10.2 Å². The molecule has 12 heteroatoms. The van der Waals surface area contributed by atoms with Crippen LogP contribution < -0.4 is 9.62 Å². The Kier molecular flexibility index (Phi) is 7.59. The number of thioether (sulfide) groups is 1. The van der Waals surface area contributed by atoms with Gasteiger partial charge in [0, 0.05) is 5.02 Å². The van der Waals surface area contributed by atoms with Crippen molar-refractivity contribution in [2.45, 2.75) is 16.2 Å². The van der Waals surface area contributed by atoms with Crippen LogP contribution in [-0.2, 0) is 14.8 Å². The predicted octanol–water partition coefficient (Wildman–Crippen LogP) is 4.79. The highest BCUT2D eigenvalue weighted by molar-refractivity contribution is 8.01. The van der Waals surface area contributed by atoms with Gasteiger partial charge in [0.25, 0.3) is 10.0 Å². The van der Waals surface area contributed by atoms with Crippen molar-refractivity contribution in [3.8, 4) is 0 Å². The van der Waals surface area contributed by atoms with Gasteiger partial charge < -0.3 is 0 Å². The van der Waals surface area contributed by atoms with Crippen molar-refractivity contribution in [3.05, 3.63) is 58.6 Å². The lowest BCUT2D eigenvalue weighted by atomic mass is 10.3. The molecule has 1 aromatic heterocycles. The summed E-state index contributed by atoms with van der Waals surface area (Å²) in [6.45, 7) is 1.46. The fourth-order valence-electron chi connectivity index (χ4n) is 2.43. The van der Waals surface area contributed by atoms with E-state index in [0.717, 1.165) is 10.1 Å². The Hall–Kier alpha value is -1.85. The molecule has 1 N–H and O–H groups in total. The third-order valence-corrected chi connectivity index (χ3v) is 7.90. The number of hydrogen-bond acceptors (Lipinski definition) is 7.